The first-order valence-electron chi connectivity index (χ1n) is 10.9. The van der Waals surface area contributed by atoms with Gasteiger partial charge in [0.05, 0.1) is 19.9 Å². The SMILES string of the molecule is CCOc1cc(/C=N/NC(=O)C(=O)Nc2ccc(C(N)=O)cc2)ccc1OCc1ccc(C(=O)OC)o1. The Kier molecular flexibility index (Phi) is 8.97. The van der Waals surface area contributed by atoms with Gasteiger partial charge in [0, 0.05) is 11.3 Å². The number of carbonyl (C=O) groups is 4. The van der Waals surface area contributed by atoms with Crippen LogP contribution in [-0.2, 0) is 20.9 Å². The van der Waals surface area contributed by atoms with E-state index in [2.05, 4.69) is 20.6 Å². The van der Waals surface area contributed by atoms with Gasteiger partial charge in [0.1, 0.15) is 12.4 Å². The van der Waals surface area contributed by atoms with Gasteiger partial charge in [-0.05, 0) is 67.1 Å². The highest BCUT2D eigenvalue weighted by Gasteiger charge is 2.14. The molecule has 0 spiro atoms. The number of nitrogens with one attached hydrogen (secondary N) is 2. The highest BCUT2D eigenvalue weighted by Crippen LogP contribution is 2.29. The zero-order chi connectivity index (χ0) is 26.8. The van der Waals surface area contributed by atoms with Crippen LogP contribution in [0.2, 0.25) is 0 Å². The van der Waals surface area contributed by atoms with Crippen LogP contribution in [-0.4, -0.2) is 43.6 Å². The lowest BCUT2D eigenvalue weighted by molar-refractivity contribution is -0.136. The van der Waals surface area contributed by atoms with E-state index in [1.54, 1.807) is 31.2 Å². The number of esters is 1. The second kappa shape index (κ2) is 12.5. The molecule has 4 N–H and O–H groups in total. The number of nitrogens with zero attached hydrogens (tertiary/aromatic N) is 1. The average molecular weight is 508 g/mol. The van der Waals surface area contributed by atoms with Crippen LogP contribution >= 0.6 is 0 Å². The van der Waals surface area contributed by atoms with Crippen molar-refractivity contribution >= 4 is 35.6 Å². The molecule has 0 radical (unpaired) electrons. The van der Waals surface area contributed by atoms with E-state index in [0.29, 0.717) is 35.1 Å². The highest BCUT2D eigenvalue weighted by molar-refractivity contribution is 6.39. The van der Waals surface area contributed by atoms with Crippen LogP contribution in [0, 0.1) is 0 Å². The van der Waals surface area contributed by atoms with Crippen molar-refractivity contribution in [3.05, 3.63) is 77.2 Å². The predicted octanol–water partition coefficient (Wildman–Crippen LogP) is 2.23. The second-order valence-corrected chi connectivity index (χ2v) is 7.28. The Labute approximate surface area is 211 Å². The highest BCUT2D eigenvalue weighted by atomic mass is 16.5. The van der Waals surface area contributed by atoms with Crippen LogP contribution in [0.25, 0.3) is 0 Å². The number of hydrazone groups is 1. The summed E-state index contributed by atoms with van der Waals surface area (Å²) in [5.74, 6) is -1.83. The molecule has 0 unspecified atom stereocenters. The maximum Gasteiger partial charge on any atom is 0.373 e. The van der Waals surface area contributed by atoms with Gasteiger partial charge in [-0.1, -0.05) is 0 Å². The molecule has 3 rings (SSSR count). The molecule has 1 aromatic heterocycles. The lowest BCUT2D eigenvalue weighted by Crippen LogP contribution is -2.32. The molecule has 2 aromatic carbocycles. The van der Waals surface area contributed by atoms with Gasteiger partial charge in [-0.15, -0.1) is 0 Å². The van der Waals surface area contributed by atoms with Gasteiger partial charge in [0.2, 0.25) is 11.7 Å². The van der Waals surface area contributed by atoms with Crippen molar-refractivity contribution in [2.75, 3.05) is 19.0 Å². The molecular formula is C25H24N4O8. The molecule has 0 aliphatic carbocycles. The van der Waals surface area contributed by atoms with E-state index in [0.717, 1.165) is 0 Å². The normalized spacial score (nSPS) is 10.5. The van der Waals surface area contributed by atoms with Gasteiger partial charge in [0.15, 0.2) is 11.5 Å². The maximum atomic E-state index is 12.0. The Morgan fingerprint density at radius 2 is 1.73 bits per heavy atom. The van der Waals surface area contributed by atoms with Gasteiger partial charge in [-0.3, -0.25) is 14.4 Å². The van der Waals surface area contributed by atoms with E-state index in [-0.39, 0.29) is 17.9 Å². The third-order valence-electron chi connectivity index (χ3n) is 4.70. The Hall–Kier alpha value is -5.13. The fourth-order valence-corrected chi connectivity index (χ4v) is 2.93. The Bertz CT molecular complexity index is 1310. The molecule has 12 nitrogen and oxygen atoms in total. The van der Waals surface area contributed by atoms with Gasteiger partial charge in [-0.25, -0.2) is 10.2 Å². The summed E-state index contributed by atoms with van der Waals surface area (Å²) in [7, 11) is 1.26. The number of benzene rings is 2. The molecule has 3 aromatic rings. The van der Waals surface area contributed by atoms with Crippen LogP contribution in [0.1, 0.15) is 39.2 Å². The Balaban J connectivity index is 1.57. The molecule has 0 aliphatic rings. The number of nitrogens with two attached hydrogens (primary N) is 1. The van der Waals surface area contributed by atoms with E-state index >= 15 is 0 Å². The maximum absolute atomic E-state index is 12.0. The number of primary amides is 1. The van der Waals surface area contributed by atoms with E-state index in [1.165, 1.54) is 43.7 Å². The summed E-state index contributed by atoms with van der Waals surface area (Å²) in [5, 5.41) is 6.17. The van der Waals surface area contributed by atoms with Crippen LogP contribution < -0.4 is 25.9 Å². The van der Waals surface area contributed by atoms with Crippen molar-refractivity contribution in [2.45, 2.75) is 13.5 Å². The van der Waals surface area contributed by atoms with Gasteiger partial charge >= 0.3 is 17.8 Å². The zero-order valence-corrected chi connectivity index (χ0v) is 20.0. The molecule has 0 bridgehead atoms. The number of ether oxygens (including phenoxy) is 3. The van der Waals surface area contributed by atoms with Crippen molar-refractivity contribution in [3.8, 4) is 11.5 Å². The summed E-state index contributed by atoms with van der Waals surface area (Å²) in [6.45, 7) is 2.21. The minimum Gasteiger partial charge on any atom is -0.490 e. The average Bonchev–Trinajstić information content (AvgIpc) is 3.37. The molecule has 37 heavy (non-hydrogen) atoms. The summed E-state index contributed by atoms with van der Waals surface area (Å²) >= 11 is 0. The molecule has 1 heterocycles. The number of methoxy groups -OCH3 is 1. The summed E-state index contributed by atoms with van der Waals surface area (Å²) in [6, 6.07) is 13.8. The molecule has 192 valence electrons. The number of amides is 3. The predicted molar refractivity (Wildman–Crippen MR) is 131 cm³/mol. The monoisotopic (exact) mass is 508 g/mol. The van der Waals surface area contributed by atoms with E-state index < -0.39 is 23.7 Å². The summed E-state index contributed by atoms with van der Waals surface area (Å²) < 4.78 is 21.3. The van der Waals surface area contributed by atoms with Crippen molar-refractivity contribution < 1.29 is 37.8 Å². The zero-order valence-electron chi connectivity index (χ0n) is 20.0. The van der Waals surface area contributed by atoms with E-state index in [4.69, 9.17) is 19.6 Å². The smallest absolute Gasteiger partial charge is 0.373 e. The van der Waals surface area contributed by atoms with Gasteiger partial charge < -0.3 is 29.7 Å². The van der Waals surface area contributed by atoms with Crippen molar-refractivity contribution in [1.82, 2.24) is 5.43 Å². The largest absolute Gasteiger partial charge is 0.490 e. The van der Waals surface area contributed by atoms with Crippen LogP contribution in [0.4, 0.5) is 5.69 Å². The first kappa shape index (κ1) is 26.5. The number of hydrogen-bond acceptors (Lipinski definition) is 9. The third kappa shape index (κ3) is 7.42. The summed E-state index contributed by atoms with van der Waals surface area (Å²) in [4.78, 5) is 46.7. The summed E-state index contributed by atoms with van der Waals surface area (Å²) in [5.41, 5.74) is 8.43. The van der Waals surface area contributed by atoms with E-state index in [9.17, 15) is 19.2 Å². The lowest BCUT2D eigenvalue weighted by atomic mass is 10.2. The molecule has 0 saturated heterocycles. The topological polar surface area (TPSA) is 172 Å². The minimum absolute atomic E-state index is 0.0426. The van der Waals surface area contributed by atoms with E-state index in [1.807, 2.05) is 0 Å². The van der Waals surface area contributed by atoms with Crippen molar-refractivity contribution in [2.24, 2.45) is 10.8 Å². The first-order valence-corrected chi connectivity index (χ1v) is 10.9. The van der Waals surface area contributed by atoms with Crippen LogP contribution in [0.15, 0.2) is 64.1 Å². The molecule has 0 saturated carbocycles. The lowest BCUT2D eigenvalue weighted by Gasteiger charge is -2.11. The second-order valence-electron chi connectivity index (χ2n) is 7.28. The molecule has 0 atom stereocenters. The van der Waals surface area contributed by atoms with Gasteiger partial charge in [0.25, 0.3) is 0 Å². The number of carbonyl (C=O) groups excluding carboxylic acids is 4. The fraction of sp³-hybridized carbons (Fsp3) is 0.160. The Morgan fingerprint density at radius 1 is 0.973 bits per heavy atom. The molecule has 12 heteroatoms. The Morgan fingerprint density at radius 3 is 2.41 bits per heavy atom. The van der Waals surface area contributed by atoms with Crippen molar-refractivity contribution in [3.63, 3.8) is 0 Å². The number of hydrogen-bond donors (Lipinski definition) is 3. The number of anilines is 1. The molecular weight excluding hydrogens is 484 g/mol. The molecule has 0 aliphatic heterocycles. The quantitative estimate of drug-likeness (QED) is 0.162. The molecule has 0 fully saturated rings. The molecule has 3 amide bonds. The first-order chi connectivity index (χ1) is 17.8. The summed E-state index contributed by atoms with van der Waals surface area (Å²) in [6.07, 6.45) is 1.33. The van der Waals surface area contributed by atoms with Crippen LogP contribution in [0.3, 0.4) is 0 Å². The van der Waals surface area contributed by atoms with Crippen LogP contribution in [0.5, 0.6) is 11.5 Å². The minimum atomic E-state index is -0.995. The fourth-order valence-electron chi connectivity index (χ4n) is 2.93. The number of rotatable bonds is 10. The third-order valence-corrected chi connectivity index (χ3v) is 4.70. The van der Waals surface area contributed by atoms with Crippen molar-refractivity contribution in [1.29, 1.82) is 0 Å². The number of furan rings is 1. The van der Waals surface area contributed by atoms with Gasteiger partial charge in [-0.2, -0.15) is 5.10 Å². The standard InChI is InChI=1S/C25H24N4O8/c1-3-35-21-12-15(4-10-19(21)36-14-18-9-11-20(37-18)25(33)34-2)13-27-29-24(32)23(31)28-17-7-5-16(6-8-17)22(26)30/h4-13H,3,14H2,1-2H3,(H2,26,30)(H,28,31)(H,29,32)/b27-13+.